The number of nitrogen functional groups attached to an aromatic ring is 1. The highest BCUT2D eigenvalue weighted by atomic mass is 35.5. The number of allylic oxidation sites excluding steroid dienone is 1. The number of benzene rings is 2. The van der Waals surface area contributed by atoms with Crippen LogP contribution in [0.3, 0.4) is 0 Å². The molecular formula is C22H23ClFN3O. The van der Waals surface area contributed by atoms with Gasteiger partial charge in [0.05, 0.1) is 0 Å². The molecule has 0 radical (unpaired) electrons. The van der Waals surface area contributed by atoms with Gasteiger partial charge in [0.25, 0.3) is 0 Å². The van der Waals surface area contributed by atoms with Gasteiger partial charge < -0.3 is 10.6 Å². The highest BCUT2D eigenvalue weighted by Gasteiger charge is 2.38. The molecule has 6 heteroatoms. The van der Waals surface area contributed by atoms with E-state index in [1.165, 1.54) is 12.1 Å². The van der Waals surface area contributed by atoms with Crippen molar-refractivity contribution in [3.8, 4) is 0 Å². The van der Waals surface area contributed by atoms with E-state index >= 15 is 0 Å². The van der Waals surface area contributed by atoms with E-state index in [2.05, 4.69) is 9.80 Å². The number of piperazine rings is 1. The third kappa shape index (κ3) is 4.05. The summed E-state index contributed by atoms with van der Waals surface area (Å²) < 4.78 is 13.1. The Hall–Kier alpha value is -2.37. The van der Waals surface area contributed by atoms with Crippen LogP contribution < -0.4 is 5.73 Å². The molecule has 2 atom stereocenters. The lowest BCUT2D eigenvalue weighted by Gasteiger charge is -2.40. The second-order valence-corrected chi connectivity index (χ2v) is 8.00. The SMILES string of the molecule is Nc1cc(Cl)ccc1C(=O)/C=C/N1C2CCC1CN(Cc1ccc(F)cc1)C2. The molecule has 2 aromatic rings. The molecule has 0 aromatic heterocycles. The summed E-state index contributed by atoms with van der Waals surface area (Å²) in [5.41, 5.74) is 7.91. The Kier molecular flexibility index (Phi) is 5.38. The molecule has 2 unspecified atom stereocenters. The highest BCUT2D eigenvalue weighted by molar-refractivity contribution is 6.31. The van der Waals surface area contributed by atoms with Crippen molar-refractivity contribution in [2.75, 3.05) is 18.8 Å². The molecule has 2 aliphatic heterocycles. The molecule has 2 heterocycles. The Morgan fingerprint density at radius 3 is 2.46 bits per heavy atom. The molecule has 28 heavy (non-hydrogen) atoms. The number of nitrogens with zero attached hydrogens (tertiary/aromatic N) is 2. The first-order valence-corrected chi connectivity index (χ1v) is 9.89. The quantitative estimate of drug-likeness (QED) is 0.467. The minimum Gasteiger partial charge on any atom is -0.398 e. The van der Waals surface area contributed by atoms with Gasteiger partial charge in [0.15, 0.2) is 5.78 Å². The summed E-state index contributed by atoms with van der Waals surface area (Å²) in [5, 5.41) is 0.522. The topological polar surface area (TPSA) is 49.6 Å². The minimum absolute atomic E-state index is 0.109. The largest absolute Gasteiger partial charge is 0.398 e. The number of hydrogen-bond donors (Lipinski definition) is 1. The van der Waals surface area contributed by atoms with E-state index < -0.39 is 0 Å². The molecule has 0 aliphatic carbocycles. The normalized spacial score (nSPS) is 22.1. The number of likely N-dealkylation sites (tertiary alicyclic amines) is 1. The maximum Gasteiger partial charge on any atom is 0.189 e. The third-order valence-corrected chi connectivity index (χ3v) is 5.85. The number of carbonyl (C=O) groups is 1. The van der Waals surface area contributed by atoms with Gasteiger partial charge in [-0.2, -0.15) is 0 Å². The molecule has 2 fully saturated rings. The average molecular weight is 400 g/mol. The lowest BCUT2D eigenvalue weighted by molar-refractivity contribution is 0.0967. The fourth-order valence-corrected chi connectivity index (χ4v) is 4.43. The number of fused-ring (bicyclic) bond motifs is 2. The van der Waals surface area contributed by atoms with Gasteiger partial charge in [-0.15, -0.1) is 0 Å². The van der Waals surface area contributed by atoms with Crippen LogP contribution in [-0.2, 0) is 6.54 Å². The predicted octanol–water partition coefficient (Wildman–Crippen LogP) is 4.11. The molecule has 2 N–H and O–H groups in total. The zero-order chi connectivity index (χ0) is 19.7. The van der Waals surface area contributed by atoms with E-state index in [1.54, 1.807) is 24.3 Å². The van der Waals surface area contributed by atoms with Crippen molar-refractivity contribution in [2.24, 2.45) is 0 Å². The Morgan fingerprint density at radius 1 is 1.14 bits per heavy atom. The molecule has 4 nitrogen and oxygen atoms in total. The Bertz CT molecular complexity index is 885. The second-order valence-electron chi connectivity index (χ2n) is 7.56. The van der Waals surface area contributed by atoms with Gasteiger partial charge in [-0.3, -0.25) is 9.69 Å². The average Bonchev–Trinajstić information content (AvgIpc) is 2.90. The summed E-state index contributed by atoms with van der Waals surface area (Å²) in [6.45, 7) is 2.70. The summed E-state index contributed by atoms with van der Waals surface area (Å²) >= 11 is 5.91. The Labute approximate surface area is 169 Å². The first kappa shape index (κ1) is 19.0. The van der Waals surface area contributed by atoms with Crippen LogP contribution in [0.4, 0.5) is 10.1 Å². The van der Waals surface area contributed by atoms with E-state index in [-0.39, 0.29) is 11.6 Å². The number of ketones is 1. The molecule has 2 aliphatic rings. The molecule has 146 valence electrons. The van der Waals surface area contributed by atoms with E-state index in [1.807, 2.05) is 18.3 Å². The first-order chi connectivity index (χ1) is 13.5. The van der Waals surface area contributed by atoms with E-state index in [4.69, 9.17) is 17.3 Å². The van der Waals surface area contributed by atoms with Gasteiger partial charge in [0.2, 0.25) is 0 Å². The van der Waals surface area contributed by atoms with Gasteiger partial charge in [0, 0.05) is 60.3 Å². The van der Waals surface area contributed by atoms with Gasteiger partial charge in [-0.1, -0.05) is 23.7 Å². The van der Waals surface area contributed by atoms with Crippen LogP contribution in [0.1, 0.15) is 28.8 Å². The van der Waals surface area contributed by atoms with E-state index in [0.717, 1.165) is 38.0 Å². The first-order valence-electron chi connectivity index (χ1n) is 9.51. The number of halogens is 2. The molecule has 0 amide bonds. The van der Waals surface area contributed by atoms with Crippen molar-refractivity contribution >= 4 is 23.1 Å². The van der Waals surface area contributed by atoms with Crippen LogP contribution in [-0.4, -0.2) is 40.8 Å². The van der Waals surface area contributed by atoms with Gasteiger partial charge in [-0.25, -0.2) is 4.39 Å². The summed E-state index contributed by atoms with van der Waals surface area (Å²) in [5.74, 6) is -0.313. The maximum atomic E-state index is 13.1. The van der Waals surface area contributed by atoms with E-state index in [9.17, 15) is 9.18 Å². The van der Waals surface area contributed by atoms with Gasteiger partial charge in [-0.05, 0) is 48.7 Å². The predicted molar refractivity (Wildman–Crippen MR) is 110 cm³/mol. The monoisotopic (exact) mass is 399 g/mol. The van der Waals surface area contributed by atoms with Crippen molar-refractivity contribution < 1.29 is 9.18 Å². The van der Waals surface area contributed by atoms with Crippen LogP contribution in [0.15, 0.2) is 54.7 Å². The Morgan fingerprint density at radius 2 is 1.82 bits per heavy atom. The number of carbonyl (C=O) groups excluding carboxylic acids is 1. The maximum absolute atomic E-state index is 13.1. The van der Waals surface area contributed by atoms with Crippen molar-refractivity contribution in [3.63, 3.8) is 0 Å². The molecule has 2 bridgehead atoms. The number of rotatable bonds is 5. The number of hydrogen-bond acceptors (Lipinski definition) is 4. The van der Waals surface area contributed by atoms with Gasteiger partial charge in [0.1, 0.15) is 5.82 Å². The summed E-state index contributed by atoms with van der Waals surface area (Å²) in [7, 11) is 0. The van der Waals surface area contributed by atoms with Crippen molar-refractivity contribution in [2.45, 2.75) is 31.5 Å². The smallest absolute Gasteiger partial charge is 0.189 e. The standard InChI is InChI=1S/C22H23ClFN3O/c23-16-3-8-20(21(25)11-16)22(28)9-10-27-18-6-7-19(27)14-26(13-18)12-15-1-4-17(24)5-2-15/h1-5,8-11,18-19H,6-7,12-14,25H2/b10-9+. The zero-order valence-corrected chi connectivity index (χ0v) is 16.3. The van der Waals surface area contributed by atoms with Crippen LogP contribution in [0.2, 0.25) is 5.02 Å². The summed E-state index contributed by atoms with van der Waals surface area (Å²) in [6, 6.07) is 12.4. The van der Waals surface area contributed by atoms with Crippen molar-refractivity contribution in [1.29, 1.82) is 0 Å². The zero-order valence-electron chi connectivity index (χ0n) is 15.5. The van der Waals surface area contributed by atoms with Crippen LogP contribution in [0.5, 0.6) is 0 Å². The lowest BCUT2D eigenvalue weighted by atomic mass is 10.1. The van der Waals surface area contributed by atoms with Crippen LogP contribution in [0.25, 0.3) is 0 Å². The van der Waals surface area contributed by atoms with E-state index in [0.29, 0.717) is 28.4 Å². The molecule has 4 rings (SSSR count). The van der Waals surface area contributed by atoms with Crippen LogP contribution in [0, 0.1) is 5.82 Å². The minimum atomic E-state index is -0.204. The summed E-state index contributed by atoms with van der Waals surface area (Å²) in [6.07, 6.45) is 5.77. The molecule has 2 saturated heterocycles. The number of anilines is 1. The number of nitrogens with two attached hydrogens (primary N) is 1. The second kappa shape index (κ2) is 7.94. The molecule has 0 spiro atoms. The third-order valence-electron chi connectivity index (χ3n) is 5.61. The molecular weight excluding hydrogens is 377 g/mol. The molecule has 0 saturated carbocycles. The van der Waals surface area contributed by atoms with Crippen molar-refractivity contribution in [3.05, 3.63) is 76.7 Å². The Balaban J connectivity index is 1.40. The van der Waals surface area contributed by atoms with Crippen molar-refractivity contribution in [1.82, 2.24) is 9.80 Å². The molecule has 2 aromatic carbocycles. The van der Waals surface area contributed by atoms with Crippen LogP contribution >= 0.6 is 11.6 Å². The fraction of sp³-hybridized carbons (Fsp3) is 0.318. The summed E-state index contributed by atoms with van der Waals surface area (Å²) in [4.78, 5) is 17.2. The van der Waals surface area contributed by atoms with Gasteiger partial charge >= 0.3 is 0 Å². The lowest BCUT2D eigenvalue weighted by Crippen LogP contribution is -2.50. The fourth-order valence-electron chi connectivity index (χ4n) is 4.24. The highest BCUT2D eigenvalue weighted by Crippen LogP contribution is 2.31.